The van der Waals surface area contributed by atoms with Gasteiger partial charge >= 0.3 is 5.97 Å². The topological polar surface area (TPSA) is 55.1 Å². The van der Waals surface area contributed by atoms with Gasteiger partial charge in [-0.2, -0.15) is 0 Å². The zero-order chi connectivity index (χ0) is 13.4. The van der Waals surface area contributed by atoms with Crippen molar-refractivity contribution < 1.29 is 9.90 Å². The number of hydrogen-bond donors (Lipinski definition) is 1. The molecule has 0 amide bonds. The molecule has 0 aliphatic heterocycles. The molecule has 1 N–H and O–H groups in total. The van der Waals surface area contributed by atoms with Gasteiger partial charge in [0.2, 0.25) is 0 Å². The molecule has 0 saturated heterocycles. The minimum Gasteiger partial charge on any atom is -0.478 e. The van der Waals surface area contributed by atoms with E-state index in [0.717, 1.165) is 21.5 Å². The molecule has 0 bridgehead atoms. The molecule has 2 aromatic heterocycles. The van der Waals surface area contributed by atoms with Crippen LogP contribution in [0, 0.1) is 20.8 Å². The molecule has 2 aromatic rings. The molecule has 2 heterocycles. The van der Waals surface area contributed by atoms with Gasteiger partial charge in [-0.05, 0) is 54.4 Å². The fourth-order valence-electron chi connectivity index (χ4n) is 1.98. The summed E-state index contributed by atoms with van der Waals surface area (Å²) in [5.74, 6) is -0.179. The van der Waals surface area contributed by atoms with Crippen molar-refractivity contribution >= 4 is 21.9 Å². The summed E-state index contributed by atoms with van der Waals surface area (Å²) in [5.41, 5.74) is 2.92. The zero-order valence-electron chi connectivity index (χ0n) is 10.4. The van der Waals surface area contributed by atoms with Crippen molar-refractivity contribution in [3.8, 4) is 5.82 Å². The average Bonchev–Trinajstić information content (AvgIpc) is 2.59. The van der Waals surface area contributed by atoms with Crippen molar-refractivity contribution in [2.75, 3.05) is 0 Å². The Bertz CT molecular complexity index is 632. The van der Waals surface area contributed by atoms with E-state index in [4.69, 9.17) is 5.11 Å². The molecule has 0 saturated carbocycles. The summed E-state index contributed by atoms with van der Waals surface area (Å²) in [6, 6.07) is 3.59. The van der Waals surface area contributed by atoms with Crippen LogP contribution in [-0.4, -0.2) is 20.6 Å². The van der Waals surface area contributed by atoms with Crippen LogP contribution in [0.25, 0.3) is 5.82 Å². The fraction of sp³-hybridized carbons (Fsp3) is 0.231. The molecule has 0 aliphatic carbocycles. The Kier molecular flexibility index (Phi) is 3.26. The fourth-order valence-corrected chi connectivity index (χ4v) is 2.20. The summed E-state index contributed by atoms with van der Waals surface area (Å²) in [5, 5.41) is 9.11. The monoisotopic (exact) mass is 308 g/mol. The van der Waals surface area contributed by atoms with E-state index >= 15 is 0 Å². The first-order valence-corrected chi connectivity index (χ1v) is 6.26. The summed E-state index contributed by atoms with van der Waals surface area (Å²) in [6.45, 7) is 5.63. The lowest BCUT2D eigenvalue weighted by molar-refractivity contribution is 0.0696. The number of carbonyl (C=O) groups is 1. The number of carboxylic acids is 1. The van der Waals surface area contributed by atoms with Gasteiger partial charge in [-0.3, -0.25) is 0 Å². The van der Waals surface area contributed by atoms with Crippen molar-refractivity contribution in [3.63, 3.8) is 0 Å². The van der Waals surface area contributed by atoms with Gasteiger partial charge in [0.25, 0.3) is 0 Å². The van der Waals surface area contributed by atoms with E-state index in [1.807, 2.05) is 24.5 Å². The summed E-state index contributed by atoms with van der Waals surface area (Å²) in [4.78, 5) is 15.4. The molecule has 0 aliphatic rings. The SMILES string of the molecule is Cc1cc(-n2c(C)cc(C(=O)O)c2C)ncc1Br. The van der Waals surface area contributed by atoms with Crippen molar-refractivity contribution in [1.29, 1.82) is 0 Å². The highest BCUT2D eigenvalue weighted by Crippen LogP contribution is 2.22. The quantitative estimate of drug-likeness (QED) is 0.926. The minimum atomic E-state index is -0.914. The van der Waals surface area contributed by atoms with Gasteiger partial charge in [-0.1, -0.05) is 0 Å². The molecule has 2 rings (SSSR count). The molecule has 0 fully saturated rings. The number of hydrogen-bond acceptors (Lipinski definition) is 2. The maximum atomic E-state index is 11.1. The lowest BCUT2D eigenvalue weighted by Crippen LogP contribution is -2.04. The Morgan fingerprint density at radius 3 is 2.50 bits per heavy atom. The highest BCUT2D eigenvalue weighted by molar-refractivity contribution is 9.10. The lowest BCUT2D eigenvalue weighted by Gasteiger charge is -2.09. The number of carboxylic acid groups (broad SMARTS) is 1. The number of aryl methyl sites for hydroxylation is 2. The number of aromatic nitrogens is 2. The second kappa shape index (κ2) is 4.57. The number of rotatable bonds is 2. The van der Waals surface area contributed by atoms with E-state index in [1.54, 1.807) is 19.2 Å². The lowest BCUT2D eigenvalue weighted by atomic mass is 10.2. The third kappa shape index (κ3) is 2.06. The zero-order valence-corrected chi connectivity index (χ0v) is 11.9. The Morgan fingerprint density at radius 1 is 1.33 bits per heavy atom. The Hall–Kier alpha value is -1.62. The number of halogens is 1. The molecule has 18 heavy (non-hydrogen) atoms. The predicted molar refractivity (Wildman–Crippen MR) is 72.4 cm³/mol. The highest BCUT2D eigenvalue weighted by atomic mass is 79.9. The normalized spacial score (nSPS) is 10.7. The van der Waals surface area contributed by atoms with Gasteiger partial charge < -0.3 is 9.67 Å². The molecule has 94 valence electrons. The smallest absolute Gasteiger partial charge is 0.337 e. The van der Waals surface area contributed by atoms with E-state index < -0.39 is 5.97 Å². The Labute approximate surface area is 113 Å². The summed E-state index contributed by atoms with van der Waals surface area (Å²) in [7, 11) is 0. The van der Waals surface area contributed by atoms with Crippen molar-refractivity contribution in [3.05, 3.63) is 45.3 Å². The molecule has 0 radical (unpaired) electrons. The van der Waals surface area contributed by atoms with Crippen LogP contribution in [-0.2, 0) is 0 Å². The second-order valence-corrected chi connectivity index (χ2v) is 5.07. The third-order valence-corrected chi connectivity index (χ3v) is 3.75. The van der Waals surface area contributed by atoms with E-state index in [2.05, 4.69) is 20.9 Å². The summed E-state index contributed by atoms with van der Waals surface area (Å²) < 4.78 is 2.79. The average molecular weight is 309 g/mol. The molecule has 0 unspecified atom stereocenters. The molecular formula is C13H13BrN2O2. The third-order valence-electron chi connectivity index (χ3n) is 2.92. The first kappa shape index (κ1) is 12.8. The number of aromatic carboxylic acids is 1. The highest BCUT2D eigenvalue weighted by Gasteiger charge is 2.16. The molecule has 0 atom stereocenters. The summed E-state index contributed by atoms with van der Waals surface area (Å²) in [6.07, 6.45) is 1.73. The minimum absolute atomic E-state index is 0.315. The van der Waals surface area contributed by atoms with Gasteiger partial charge in [0.15, 0.2) is 0 Å². The van der Waals surface area contributed by atoms with E-state index in [0.29, 0.717) is 11.3 Å². The summed E-state index contributed by atoms with van der Waals surface area (Å²) >= 11 is 3.40. The van der Waals surface area contributed by atoms with Gasteiger partial charge in [-0.15, -0.1) is 0 Å². The van der Waals surface area contributed by atoms with E-state index in [1.165, 1.54) is 0 Å². The number of nitrogens with zero attached hydrogens (tertiary/aromatic N) is 2. The molecule has 0 spiro atoms. The molecular weight excluding hydrogens is 296 g/mol. The van der Waals surface area contributed by atoms with Gasteiger partial charge in [0.1, 0.15) is 5.82 Å². The number of pyridine rings is 1. The van der Waals surface area contributed by atoms with E-state index in [9.17, 15) is 4.79 Å². The maximum Gasteiger partial charge on any atom is 0.337 e. The van der Waals surface area contributed by atoms with Crippen molar-refractivity contribution in [1.82, 2.24) is 9.55 Å². The largest absolute Gasteiger partial charge is 0.478 e. The van der Waals surface area contributed by atoms with Crippen LogP contribution in [0.5, 0.6) is 0 Å². The first-order chi connectivity index (χ1) is 8.41. The molecule has 0 aromatic carbocycles. The van der Waals surface area contributed by atoms with Crippen LogP contribution < -0.4 is 0 Å². The van der Waals surface area contributed by atoms with Gasteiger partial charge in [-0.25, -0.2) is 9.78 Å². The van der Waals surface area contributed by atoms with Crippen molar-refractivity contribution in [2.24, 2.45) is 0 Å². The van der Waals surface area contributed by atoms with Crippen LogP contribution in [0.4, 0.5) is 0 Å². The van der Waals surface area contributed by atoms with Gasteiger partial charge in [0, 0.05) is 22.1 Å². The Morgan fingerprint density at radius 2 is 2.00 bits per heavy atom. The van der Waals surface area contributed by atoms with Crippen LogP contribution >= 0.6 is 15.9 Å². The van der Waals surface area contributed by atoms with Crippen LogP contribution in [0.2, 0.25) is 0 Å². The van der Waals surface area contributed by atoms with Crippen LogP contribution in [0.15, 0.2) is 22.8 Å². The molecule has 5 heteroatoms. The van der Waals surface area contributed by atoms with Crippen LogP contribution in [0.1, 0.15) is 27.3 Å². The predicted octanol–water partition coefficient (Wildman–Crippen LogP) is 3.26. The first-order valence-electron chi connectivity index (χ1n) is 5.46. The van der Waals surface area contributed by atoms with Gasteiger partial charge in [0.05, 0.1) is 5.56 Å². The van der Waals surface area contributed by atoms with E-state index in [-0.39, 0.29) is 0 Å². The standard InChI is InChI=1S/C13H13BrN2O2/c1-7-4-12(15-6-11(7)14)16-8(2)5-10(9(16)3)13(17)18/h4-6H,1-3H3,(H,17,18). The maximum absolute atomic E-state index is 11.1. The van der Waals surface area contributed by atoms with Crippen molar-refractivity contribution in [2.45, 2.75) is 20.8 Å². The second-order valence-electron chi connectivity index (χ2n) is 4.22. The molecule has 4 nitrogen and oxygen atoms in total. The Balaban J connectivity index is 2.64. The van der Waals surface area contributed by atoms with Crippen LogP contribution in [0.3, 0.4) is 0 Å².